The summed E-state index contributed by atoms with van der Waals surface area (Å²) in [5.41, 5.74) is 0. The number of carbonyl (C=O) groups is 12. The first-order chi connectivity index (χ1) is 28.2. The van der Waals surface area contributed by atoms with Crippen LogP contribution in [0.25, 0.3) is 0 Å². The summed E-state index contributed by atoms with van der Waals surface area (Å²) in [4.78, 5) is 195. The Bertz CT molecular complexity index is 2180. The van der Waals surface area contributed by atoms with Crippen LogP contribution in [0.3, 0.4) is 0 Å². The van der Waals surface area contributed by atoms with E-state index in [0.717, 1.165) is 0 Å². The average molecular weight is 854 g/mol. The minimum atomic E-state index is -5.62. The van der Waals surface area contributed by atoms with Crippen molar-refractivity contribution in [1.82, 2.24) is 0 Å². The molecule has 0 aromatic rings. The van der Waals surface area contributed by atoms with E-state index in [1.54, 1.807) is 0 Å². The molecule has 0 saturated heterocycles. The summed E-state index contributed by atoms with van der Waals surface area (Å²) in [6.07, 6.45) is 0.407. The highest BCUT2D eigenvalue weighted by Gasteiger charge is 2.98. The van der Waals surface area contributed by atoms with E-state index >= 15 is 0 Å². The van der Waals surface area contributed by atoms with Gasteiger partial charge in [-0.05, 0) is 0 Å². The fourth-order valence-corrected chi connectivity index (χ4v) is 4.87. The summed E-state index contributed by atoms with van der Waals surface area (Å²) in [6, 6.07) is 0. The van der Waals surface area contributed by atoms with Crippen molar-refractivity contribution in [3.8, 4) is 0 Å². The van der Waals surface area contributed by atoms with Crippen molar-refractivity contribution in [2.75, 3.05) is 0 Å². The van der Waals surface area contributed by atoms with Crippen LogP contribution in [-0.2, 0) is 135 Å². The van der Waals surface area contributed by atoms with Gasteiger partial charge in [-0.25, -0.2) is 57.5 Å². The Morgan fingerprint density at radius 3 is 0.967 bits per heavy atom. The normalized spacial score (nSPS) is 33.8. The van der Waals surface area contributed by atoms with E-state index < -0.39 is 107 Å². The standard InChI is InChI=1S/C30H14O30/c31-13-1-2-15(33)47-27-25(43,45-13)26(57-53-21(39)11-12-24(42)56-60-30(27)51-19(37)7-8-20(38)52-30)28(48-16(34)4-3-14(32)46-26,29(44)49-17(35)5-6-18(36)50-29)59-55-23(41)10-9-22(40)54-58-27/h1-12,43-44H/b2-1-,4-3-,10-9-,12-11-/t25-,26-,27-,28+/m1/s1. The van der Waals surface area contributed by atoms with E-state index in [0.29, 0.717) is 0 Å². The SMILES string of the molecule is O=C1C=CC(=O)OC2(OOC(=O)/C=C\C(=O)OO[C@@]34OC(=O)/C=C\C(=O)O[C@]3(C3(O)OC(=O)C=CC(=O)O3)OOC(=O)/C=C\C(=O)OO[C@@]23OC(=O)/C=C\C(=O)O[C@@]34O)O1. The number of esters is 8. The Labute approximate surface area is 324 Å². The van der Waals surface area contributed by atoms with Gasteiger partial charge in [-0.1, -0.05) is 4.89 Å². The lowest BCUT2D eigenvalue weighted by Gasteiger charge is -2.56. The minimum Gasteiger partial charge on any atom is -0.415 e. The maximum Gasteiger partial charge on any atom is 0.493 e. The summed E-state index contributed by atoms with van der Waals surface area (Å²) in [7, 11) is 0. The van der Waals surface area contributed by atoms with Gasteiger partial charge in [-0.3, -0.25) is 19.6 Å². The molecule has 6 rings (SSSR count). The summed E-state index contributed by atoms with van der Waals surface area (Å²) in [5.74, 6) is -57.1. The number of rotatable bonds is 1. The molecule has 0 radical (unpaired) electrons. The number of cyclic esters (lactones) is 2. The highest BCUT2D eigenvalue weighted by Crippen LogP contribution is 2.58. The summed E-state index contributed by atoms with van der Waals surface area (Å²) in [5, 5.41) is 25.4. The second-order valence-electron chi connectivity index (χ2n) is 10.9. The van der Waals surface area contributed by atoms with Crippen LogP contribution in [0, 0.1) is 0 Å². The zero-order valence-electron chi connectivity index (χ0n) is 28.3. The first-order valence-electron chi connectivity index (χ1n) is 15.2. The topological polar surface area (TPSA) is 393 Å². The van der Waals surface area contributed by atoms with Crippen molar-refractivity contribution in [3.63, 3.8) is 0 Å². The fraction of sp³-hybridized carbons (Fsp3) is 0.200. The van der Waals surface area contributed by atoms with Crippen LogP contribution in [0.15, 0.2) is 72.9 Å². The van der Waals surface area contributed by atoms with E-state index in [9.17, 15) is 67.7 Å². The fourth-order valence-electron chi connectivity index (χ4n) is 4.87. The molecule has 0 fully saturated rings. The van der Waals surface area contributed by atoms with Crippen LogP contribution < -0.4 is 0 Å². The first-order valence-corrected chi connectivity index (χ1v) is 15.2. The van der Waals surface area contributed by atoms with Gasteiger partial charge >= 0.3 is 107 Å². The van der Waals surface area contributed by atoms with Crippen LogP contribution in [0.5, 0.6) is 0 Å². The van der Waals surface area contributed by atoms with Gasteiger partial charge in [0.15, 0.2) is 0 Å². The zero-order chi connectivity index (χ0) is 43.7. The minimum absolute atomic E-state index is 0.00848. The third kappa shape index (κ3) is 6.94. The van der Waals surface area contributed by atoms with Gasteiger partial charge < -0.3 is 48.1 Å². The van der Waals surface area contributed by atoms with Gasteiger partial charge in [0.1, 0.15) is 0 Å². The number of hydrogen-bond donors (Lipinski definition) is 2. The molecule has 30 heteroatoms. The lowest BCUT2D eigenvalue weighted by atomic mass is 9.84. The van der Waals surface area contributed by atoms with Gasteiger partial charge in [0.2, 0.25) is 0 Å². The maximum absolute atomic E-state index is 13.7. The molecule has 30 nitrogen and oxygen atoms in total. The molecule has 0 amide bonds. The molecule has 314 valence electrons. The van der Waals surface area contributed by atoms with Gasteiger partial charge in [-0.2, -0.15) is 0 Å². The third-order valence-electron chi connectivity index (χ3n) is 7.16. The largest absolute Gasteiger partial charge is 0.493 e. The quantitative estimate of drug-likeness (QED) is 0.141. The molecular weight excluding hydrogens is 840 g/mol. The summed E-state index contributed by atoms with van der Waals surface area (Å²) >= 11 is 0. The van der Waals surface area contributed by atoms with E-state index in [4.69, 9.17) is 48.0 Å². The molecule has 2 N–H and O–H groups in total. The molecule has 2 bridgehead atoms. The Hall–Kier alpha value is -8.16. The maximum atomic E-state index is 13.7. The van der Waals surface area contributed by atoms with Crippen LogP contribution >= 0.6 is 0 Å². The van der Waals surface area contributed by atoms with Gasteiger partial charge in [-0.15, -0.1) is 14.7 Å². The lowest BCUT2D eigenvalue weighted by molar-refractivity contribution is -0.663. The zero-order valence-corrected chi connectivity index (χ0v) is 28.3. The molecule has 0 aromatic carbocycles. The highest BCUT2D eigenvalue weighted by atomic mass is 17.3. The molecule has 0 aromatic heterocycles. The Balaban J connectivity index is 1.92. The molecule has 0 saturated carbocycles. The summed E-state index contributed by atoms with van der Waals surface area (Å²) in [6.45, 7) is 0. The van der Waals surface area contributed by atoms with Crippen molar-refractivity contribution in [3.05, 3.63) is 72.9 Å². The number of aliphatic hydroxyl groups is 2. The van der Waals surface area contributed by atoms with Crippen molar-refractivity contribution in [2.45, 2.75) is 35.1 Å². The van der Waals surface area contributed by atoms with E-state index in [1.165, 1.54) is 0 Å². The van der Waals surface area contributed by atoms with Crippen LogP contribution in [0.1, 0.15) is 0 Å². The van der Waals surface area contributed by atoms with Crippen molar-refractivity contribution >= 4 is 71.6 Å². The highest BCUT2D eigenvalue weighted by molar-refractivity contribution is 5.97. The molecule has 0 aliphatic carbocycles. The molecule has 60 heavy (non-hydrogen) atoms. The third-order valence-corrected chi connectivity index (χ3v) is 7.16. The predicted octanol–water partition coefficient (Wildman–Crippen LogP) is -5.27. The number of hydrogen-bond acceptors (Lipinski definition) is 30. The average Bonchev–Trinajstić information content (AvgIpc) is 3.42. The lowest BCUT2D eigenvalue weighted by Crippen LogP contribution is -2.90. The molecule has 6 aliphatic heterocycles. The number of carbonyl (C=O) groups excluding carboxylic acids is 12. The van der Waals surface area contributed by atoms with E-state index in [-0.39, 0.29) is 72.9 Å². The smallest absolute Gasteiger partial charge is 0.415 e. The summed E-state index contributed by atoms with van der Waals surface area (Å²) < 4.78 is 39.4. The number of ether oxygens (including phenoxy) is 8. The van der Waals surface area contributed by atoms with E-state index in [1.807, 2.05) is 0 Å². The van der Waals surface area contributed by atoms with Crippen LogP contribution in [0.2, 0.25) is 0 Å². The second-order valence-corrected chi connectivity index (χ2v) is 10.9. The van der Waals surface area contributed by atoms with Gasteiger partial charge in [0.25, 0.3) is 0 Å². The van der Waals surface area contributed by atoms with Crippen LogP contribution in [-0.4, -0.2) is 117 Å². The molecule has 0 unspecified atom stereocenters. The Morgan fingerprint density at radius 1 is 0.283 bits per heavy atom. The van der Waals surface area contributed by atoms with Crippen molar-refractivity contribution < 1.29 is 145 Å². The van der Waals surface area contributed by atoms with Crippen molar-refractivity contribution in [2.24, 2.45) is 0 Å². The first kappa shape index (κ1) is 41.5. The van der Waals surface area contributed by atoms with Crippen LogP contribution in [0.4, 0.5) is 0 Å². The molecule has 6 heterocycles. The second kappa shape index (κ2) is 15.0. The monoisotopic (exact) mass is 854 g/mol. The Morgan fingerprint density at radius 2 is 0.550 bits per heavy atom. The molecule has 4 atom stereocenters. The van der Waals surface area contributed by atoms with Gasteiger partial charge in [0, 0.05) is 72.9 Å². The van der Waals surface area contributed by atoms with E-state index in [2.05, 4.69) is 29.0 Å². The molecular formula is C30H14O30. The molecule has 6 aliphatic rings. The van der Waals surface area contributed by atoms with Crippen molar-refractivity contribution in [1.29, 1.82) is 0 Å². The predicted molar refractivity (Wildman–Crippen MR) is 153 cm³/mol. The van der Waals surface area contributed by atoms with Gasteiger partial charge in [0.05, 0.1) is 0 Å². The Kier molecular flexibility index (Phi) is 10.3. The molecule has 2 spiro atoms.